The molecule has 2 unspecified atom stereocenters. The molecule has 1 fully saturated rings. The Balaban J connectivity index is 2.08. The highest BCUT2D eigenvalue weighted by atomic mass is 32.2. The molecule has 1 aromatic heterocycles. The van der Waals surface area contributed by atoms with Crippen molar-refractivity contribution >= 4 is 10.2 Å². The molecule has 0 bridgehead atoms. The third kappa shape index (κ3) is 3.33. The van der Waals surface area contributed by atoms with Crippen LogP contribution in [0.15, 0.2) is 12.4 Å². The van der Waals surface area contributed by atoms with Crippen molar-refractivity contribution in [2.75, 3.05) is 13.1 Å². The fraction of sp³-hybridized carbons (Fsp3) is 0.727. The van der Waals surface area contributed by atoms with Gasteiger partial charge in [0.2, 0.25) is 0 Å². The molecule has 2 heterocycles. The molecule has 0 radical (unpaired) electrons. The third-order valence-corrected chi connectivity index (χ3v) is 5.25. The molecular weight excluding hydrogens is 266 g/mol. The zero-order valence-corrected chi connectivity index (χ0v) is 11.9. The lowest BCUT2D eigenvalue weighted by Gasteiger charge is -2.34. The monoisotopic (exact) mass is 287 g/mol. The van der Waals surface area contributed by atoms with Crippen LogP contribution in [0.2, 0.25) is 0 Å². The van der Waals surface area contributed by atoms with Crippen LogP contribution in [-0.4, -0.2) is 42.1 Å². The van der Waals surface area contributed by atoms with Crippen molar-refractivity contribution in [1.29, 1.82) is 0 Å². The Morgan fingerprint density at radius 1 is 1.63 bits per heavy atom. The predicted molar refractivity (Wildman–Crippen MR) is 72.5 cm³/mol. The quantitative estimate of drug-likeness (QED) is 0.715. The van der Waals surface area contributed by atoms with Gasteiger partial charge in [-0.2, -0.15) is 22.5 Å². The Bertz CT molecular complexity index is 487. The van der Waals surface area contributed by atoms with Crippen molar-refractivity contribution in [2.45, 2.75) is 38.3 Å². The summed E-state index contributed by atoms with van der Waals surface area (Å²) >= 11 is 0. The smallest absolute Gasteiger partial charge is 0.280 e. The summed E-state index contributed by atoms with van der Waals surface area (Å²) in [5.74, 6) is 0. The van der Waals surface area contributed by atoms with E-state index in [9.17, 15) is 8.42 Å². The van der Waals surface area contributed by atoms with Crippen LogP contribution in [0.4, 0.5) is 0 Å². The maximum atomic E-state index is 12.4. The summed E-state index contributed by atoms with van der Waals surface area (Å²) in [6.07, 6.45) is 6.05. The van der Waals surface area contributed by atoms with Gasteiger partial charge >= 0.3 is 0 Å². The van der Waals surface area contributed by atoms with Gasteiger partial charge in [-0.15, -0.1) is 0 Å². The Labute approximate surface area is 113 Å². The van der Waals surface area contributed by atoms with Gasteiger partial charge in [0.15, 0.2) is 0 Å². The second kappa shape index (κ2) is 6.00. The van der Waals surface area contributed by atoms with E-state index < -0.39 is 10.2 Å². The summed E-state index contributed by atoms with van der Waals surface area (Å²) in [6.45, 7) is 2.69. The number of nitrogens with one attached hydrogen (secondary N) is 2. The maximum absolute atomic E-state index is 12.4. The number of aromatic nitrogens is 2. The highest BCUT2D eigenvalue weighted by Gasteiger charge is 2.32. The molecule has 7 nitrogen and oxygen atoms in total. The Morgan fingerprint density at radius 3 is 3.05 bits per heavy atom. The minimum Gasteiger partial charge on any atom is -0.329 e. The predicted octanol–water partition coefficient (Wildman–Crippen LogP) is 0.118. The van der Waals surface area contributed by atoms with Crippen molar-refractivity contribution in [3.8, 4) is 0 Å². The third-order valence-electron chi connectivity index (χ3n) is 3.50. The molecule has 108 valence electrons. The highest BCUT2D eigenvalue weighted by molar-refractivity contribution is 7.87. The second-order valence-electron chi connectivity index (χ2n) is 4.87. The number of nitrogens with two attached hydrogens (primary N) is 1. The van der Waals surface area contributed by atoms with Gasteiger partial charge in [0.1, 0.15) is 0 Å². The van der Waals surface area contributed by atoms with Crippen molar-refractivity contribution in [2.24, 2.45) is 5.73 Å². The largest absolute Gasteiger partial charge is 0.329 e. The number of nitrogens with zero attached hydrogens (tertiary/aromatic N) is 2. The van der Waals surface area contributed by atoms with E-state index in [4.69, 9.17) is 5.73 Å². The molecule has 19 heavy (non-hydrogen) atoms. The SMILES string of the molecule is CC(NS(=O)(=O)N1CCCCC1CN)c1cn[nH]c1. The number of hydrogen-bond acceptors (Lipinski definition) is 4. The van der Waals surface area contributed by atoms with Crippen LogP contribution in [-0.2, 0) is 10.2 Å². The molecule has 0 aliphatic carbocycles. The molecule has 1 saturated heterocycles. The van der Waals surface area contributed by atoms with Crippen molar-refractivity contribution in [3.05, 3.63) is 18.0 Å². The topological polar surface area (TPSA) is 104 Å². The summed E-state index contributed by atoms with van der Waals surface area (Å²) in [6, 6.07) is -0.410. The van der Waals surface area contributed by atoms with Crippen molar-refractivity contribution in [1.82, 2.24) is 19.2 Å². The first kappa shape index (κ1) is 14.4. The normalized spacial score (nSPS) is 23.4. The van der Waals surface area contributed by atoms with E-state index in [1.165, 1.54) is 4.31 Å². The van der Waals surface area contributed by atoms with E-state index in [1.54, 1.807) is 19.3 Å². The first-order chi connectivity index (χ1) is 9.04. The van der Waals surface area contributed by atoms with Gasteiger partial charge in [-0.05, 0) is 19.8 Å². The number of hydrogen-bond donors (Lipinski definition) is 3. The Hall–Kier alpha value is -0.960. The van der Waals surface area contributed by atoms with Gasteiger partial charge < -0.3 is 5.73 Å². The van der Waals surface area contributed by atoms with E-state index in [0.717, 1.165) is 24.8 Å². The summed E-state index contributed by atoms with van der Waals surface area (Å²) in [5, 5.41) is 6.50. The van der Waals surface area contributed by atoms with Gasteiger partial charge in [-0.25, -0.2) is 0 Å². The summed E-state index contributed by atoms with van der Waals surface area (Å²) < 4.78 is 28.9. The van der Waals surface area contributed by atoms with Gasteiger partial charge in [-0.1, -0.05) is 6.42 Å². The first-order valence-electron chi connectivity index (χ1n) is 6.52. The Morgan fingerprint density at radius 2 is 2.42 bits per heavy atom. The zero-order chi connectivity index (χ0) is 13.9. The lowest BCUT2D eigenvalue weighted by molar-refractivity contribution is 0.253. The number of aromatic amines is 1. The average molecular weight is 287 g/mol. The van der Waals surface area contributed by atoms with E-state index in [2.05, 4.69) is 14.9 Å². The van der Waals surface area contributed by atoms with Gasteiger partial charge in [0, 0.05) is 36.9 Å². The number of H-pyrrole nitrogens is 1. The summed E-state index contributed by atoms with van der Waals surface area (Å²) in [5.41, 5.74) is 6.48. The average Bonchev–Trinajstić information content (AvgIpc) is 2.92. The molecule has 1 aliphatic heterocycles. The number of rotatable bonds is 5. The fourth-order valence-electron chi connectivity index (χ4n) is 2.38. The van der Waals surface area contributed by atoms with Crippen LogP contribution in [0.3, 0.4) is 0 Å². The summed E-state index contributed by atoms with van der Waals surface area (Å²) in [7, 11) is -3.51. The van der Waals surface area contributed by atoms with Gasteiger partial charge in [0.25, 0.3) is 10.2 Å². The van der Waals surface area contributed by atoms with Crippen LogP contribution >= 0.6 is 0 Å². The molecule has 1 aromatic rings. The van der Waals surface area contributed by atoms with Crippen molar-refractivity contribution < 1.29 is 8.42 Å². The number of piperidine rings is 1. The maximum Gasteiger partial charge on any atom is 0.280 e. The van der Waals surface area contributed by atoms with Crippen LogP contribution in [0.5, 0.6) is 0 Å². The van der Waals surface area contributed by atoms with Gasteiger partial charge in [-0.3, -0.25) is 5.10 Å². The first-order valence-corrected chi connectivity index (χ1v) is 7.96. The van der Waals surface area contributed by atoms with Crippen LogP contribution in [0.1, 0.15) is 37.8 Å². The molecule has 0 saturated carbocycles. The van der Waals surface area contributed by atoms with Crippen LogP contribution in [0.25, 0.3) is 0 Å². The molecule has 4 N–H and O–H groups in total. The lowest BCUT2D eigenvalue weighted by Crippen LogP contribution is -2.52. The molecule has 0 aromatic carbocycles. The minimum atomic E-state index is -3.51. The fourth-order valence-corrected chi connectivity index (χ4v) is 4.05. The standard InChI is InChI=1S/C11H21N5O2S/c1-9(10-7-13-14-8-10)15-19(17,18)16-5-3-2-4-11(16)6-12/h7-9,11,15H,2-6,12H2,1H3,(H,13,14). The van der Waals surface area contributed by atoms with E-state index >= 15 is 0 Å². The molecule has 8 heteroatoms. The molecule has 2 rings (SSSR count). The zero-order valence-electron chi connectivity index (χ0n) is 11.0. The Kier molecular flexibility index (Phi) is 4.56. The van der Waals surface area contributed by atoms with Gasteiger partial charge in [0.05, 0.1) is 6.20 Å². The highest BCUT2D eigenvalue weighted by Crippen LogP contribution is 2.21. The molecule has 0 amide bonds. The van der Waals surface area contributed by atoms with Crippen LogP contribution in [0, 0.1) is 0 Å². The second-order valence-corrected chi connectivity index (χ2v) is 6.53. The lowest BCUT2D eigenvalue weighted by atomic mass is 10.1. The van der Waals surface area contributed by atoms with E-state index in [0.29, 0.717) is 13.1 Å². The van der Waals surface area contributed by atoms with E-state index in [-0.39, 0.29) is 12.1 Å². The van der Waals surface area contributed by atoms with Crippen molar-refractivity contribution in [3.63, 3.8) is 0 Å². The molecule has 1 aliphatic rings. The minimum absolute atomic E-state index is 0.0946. The molecular formula is C11H21N5O2S. The molecule has 2 atom stereocenters. The van der Waals surface area contributed by atoms with Crippen LogP contribution < -0.4 is 10.5 Å². The summed E-state index contributed by atoms with van der Waals surface area (Å²) in [4.78, 5) is 0. The molecule has 0 spiro atoms. The van der Waals surface area contributed by atoms with E-state index in [1.807, 2.05) is 0 Å².